The van der Waals surface area contributed by atoms with Crippen LogP contribution in [0.15, 0.2) is 36.7 Å². The number of fused-ring (bicyclic) bond motifs is 1. The van der Waals surface area contributed by atoms with E-state index in [1.807, 2.05) is 0 Å². The van der Waals surface area contributed by atoms with E-state index in [1.165, 1.54) is 24.5 Å². The zero-order chi connectivity index (χ0) is 14.3. The second kappa shape index (κ2) is 4.61. The van der Waals surface area contributed by atoms with Gasteiger partial charge in [-0.25, -0.2) is 9.37 Å². The SMILES string of the molecule is Nc1ccc(C(=O)c2c[nH]c3nccc(Cl)c23)cc1F. The zero-order valence-electron chi connectivity index (χ0n) is 10.2. The molecule has 3 rings (SSSR count). The third kappa shape index (κ3) is 1.92. The molecule has 0 atom stereocenters. The van der Waals surface area contributed by atoms with E-state index in [0.717, 1.165) is 6.07 Å². The van der Waals surface area contributed by atoms with Crippen LogP contribution in [-0.2, 0) is 0 Å². The number of hydrogen-bond acceptors (Lipinski definition) is 3. The highest BCUT2D eigenvalue weighted by Crippen LogP contribution is 2.27. The van der Waals surface area contributed by atoms with Crippen molar-refractivity contribution >= 4 is 34.1 Å². The Hall–Kier alpha value is -2.40. The summed E-state index contributed by atoms with van der Waals surface area (Å²) in [7, 11) is 0. The number of nitrogens with two attached hydrogens (primary N) is 1. The van der Waals surface area contributed by atoms with E-state index in [0.29, 0.717) is 21.6 Å². The summed E-state index contributed by atoms with van der Waals surface area (Å²) < 4.78 is 13.5. The number of nitrogens with one attached hydrogen (secondary N) is 1. The molecule has 2 heterocycles. The maximum absolute atomic E-state index is 13.5. The second-order valence-electron chi connectivity index (χ2n) is 4.28. The molecule has 0 radical (unpaired) electrons. The first-order valence-corrected chi connectivity index (χ1v) is 6.17. The van der Waals surface area contributed by atoms with Crippen molar-refractivity contribution < 1.29 is 9.18 Å². The molecular formula is C14H9ClFN3O. The summed E-state index contributed by atoms with van der Waals surface area (Å²) in [6, 6.07) is 5.54. The number of carbonyl (C=O) groups is 1. The first kappa shape index (κ1) is 12.6. The van der Waals surface area contributed by atoms with Gasteiger partial charge in [-0.15, -0.1) is 0 Å². The maximum atomic E-state index is 13.5. The molecule has 0 aliphatic rings. The van der Waals surface area contributed by atoms with E-state index >= 15 is 0 Å². The second-order valence-corrected chi connectivity index (χ2v) is 4.69. The number of nitrogens with zero attached hydrogens (tertiary/aromatic N) is 1. The van der Waals surface area contributed by atoms with Crippen LogP contribution in [0.1, 0.15) is 15.9 Å². The lowest BCUT2D eigenvalue weighted by atomic mass is 10.0. The number of carbonyl (C=O) groups excluding carboxylic acids is 1. The summed E-state index contributed by atoms with van der Waals surface area (Å²) in [5, 5.41) is 0.937. The lowest BCUT2D eigenvalue weighted by Crippen LogP contribution is -2.02. The molecule has 0 aliphatic heterocycles. The third-order valence-electron chi connectivity index (χ3n) is 3.03. The van der Waals surface area contributed by atoms with Gasteiger partial charge in [0.1, 0.15) is 11.5 Å². The number of hydrogen-bond donors (Lipinski definition) is 2. The van der Waals surface area contributed by atoms with Crippen molar-refractivity contribution in [2.24, 2.45) is 0 Å². The van der Waals surface area contributed by atoms with Crippen molar-refractivity contribution in [3.8, 4) is 0 Å². The Bertz CT molecular complexity index is 828. The van der Waals surface area contributed by atoms with Gasteiger partial charge < -0.3 is 10.7 Å². The molecule has 6 heteroatoms. The van der Waals surface area contributed by atoms with Gasteiger partial charge in [-0.2, -0.15) is 0 Å². The van der Waals surface area contributed by atoms with Crippen LogP contribution in [0.5, 0.6) is 0 Å². The number of aromatic amines is 1. The van der Waals surface area contributed by atoms with Gasteiger partial charge in [-0.1, -0.05) is 11.6 Å². The molecule has 100 valence electrons. The fraction of sp³-hybridized carbons (Fsp3) is 0. The normalized spacial score (nSPS) is 10.9. The van der Waals surface area contributed by atoms with E-state index in [1.54, 1.807) is 6.07 Å². The molecule has 1 aromatic carbocycles. The number of benzene rings is 1. The Balaban J connectivity index is 2.15. The molecule has 4 nitrogen and oxygen atoms in total. The average Bonchev–Trinajstić information content (AvgIpc) is 2.86. The van der Waals surface area contributed by atoms with Gasteiger partial charge in [0, 0.05) is 23.3 Å². The Kier molecular flexibility index (Phi) is 2.91. The largest absolute Gasteiger partial charge is 0.396 e. The topological polar surface area (TPSA) is 71.8 Å². The van der Waals surface area contributed by atoms with Crippen LogP contribution in [0, 0.1) is 5.82 Å². The van der Waals surface area contributed by atoms with Gasteiger partial charge >= 0.3 is 0 Å². The first-order valence-electron chi connectivity index (χ1n) is 5.79. The number of aromatic nitrogens is 2. The number of H-pyrrole nitrogens is 1. The molecule has 0 saturated heterocycles. The summed E-state index contributed by atoms with van der Waals surface area (Å²) in [4.78, 5) is 19.4. The number of nitrogen functional groups attached to an aromatic ring is 1. The van der Waals surface area contributed by atoms with Crippen LogP contribution in [-0.4, -0.2) is 15.8 Å². The molecule has 0 amide bonds. The lowest BCUT2D eigenvalue weighted by Gasteiger charge is -2.02. The van der Waals surface area contributed by atoms with E-state index in [2.05, 4.69) is 9.97 Å². The molecule has 20 heavy (non-hydrogen) atoms. The molecule has 0 bridgehead atoms. The van der Waals surface area contributed by atoms with Crippen molar-refractivity contribution in [2.45, 2.75) is 0 Å². The van der Waals surface area contributed by atoms with Crippen molar-refractivity contribution in [3.63, 3.8) is 0 Å². The molecule has 0 fully saturated rings. The average molecular weight is 290 g/mol. The molecular weight excluding hydrogens is 281 g/mol. The van der Waals surface area contributed by atoms with Crippen LogP contribution in [0.2, 0.25) is 5.02 Å². The van der Waals surface area contributed by atoms with Gasteiger partial charge in [-0.05, 0) is 24.3 Å². The van der Waals surface area contributed by atoms with Crippen LogP contribution >= 0.6 is 11.6 Å². The summed E-state index contributed by atoms with van der Waals surface area (Å²) in [6.45, 7) is 0. The minimum absolute atomic E-state index is 0.000163. The number of rotatable bonds is 2. The fourth-order valence-corrected chi connectivity index (χ4v) is 2.27. The van der Waals surface area contributed by atoms with Crippen molar-refractivity contribution in [3.05, 3.63) is 58.6 Å². The van der Waals surface area contributed by atoms with Crippen LogP contribution in [0.25, 0.3) is 11.0 Å². The van der Waals surface area contributed by atoms with E-state index in [4.69, 9.17) is 17.3 Å². The molecule has 0 unspecified atom stereocenters. The number of pyridine rings is 1. The lowest BCUT2D eigenvalue weighted by molar-refractivity contribution is 0.104. The third-order valence-corrected chi connectivity index (χ3v) is 3.34. The number of ketones is 1. The molecule has 3 aromatic rings. The van der Waals surface area contributed by atoms with Crippen LogP contribution in [0.3, 0.4) is 0 Å². The maximum Gasteiger partial charge on any atom is 0.195 e. The summed E-state index contributed by atoms with van der Waals surface area (Å²) in [6.07, 6.45) is 3.05. The number of halogens is 2. The highest BCUT2D eigenvalue weighted by Gasteiger charge is 2.17. The van der Waals surface area contributed by atoms with Gasteiger partial charge in [0.05, 0.1) is 16.3 Å². The van der Waals surface area contributed by atoms with Crippen LogP contribution < -0.4 is 5.73 Å². The number of anilines is 1. The predicted octanol–water partition coefficient (Wildman–Crippen LogP) is 3.17. The van der Waals surface area contributed by atoms with Gasteiger partial charge in [0.15, 0.2) is 5.78 Å². The molecule has 2 aromatic heterocycles. The highest BCUT2D eigenvalue weighted by atomic mass is 35.5. The van der Waals surface area contributed by atoms with Crippen molar-refractivity contribution in [2.75, 3.05) is 5.73 Å². The highest BCUT2D eigenvalue weighted by molar-refractivity contribution is 6.37. The van der Waals surface area contributed by atoms with Crippen molar-refractivity contribution in [1.29, 1.82) is 0 Å². The standard InChI is InChI=1S/C14H9ClFN3O/c15-9-3-4-18-14-12(9)8(6-19-14)13(20)7-1-2-11(17)10(16)5-7/h1-6H,17H2,(H,18,19). The van der Waals surface area contributed by atoms with Crippen molar-refractivity contribution in [1.82, 2.24) is 9.97 Å². The smallest absolute Gasteiger partial charge is 0.195 e. The molecule has 0 saturated carbocycles. The van der Waals surface area contributed by atoms with E-state index in [-0.39, 0.29) is 17.0 Å². The summed E-state index contributed by atoms with van der Waals surface area (Å²) in [5.74, 6) is -0.968. The predicted molar refractivity (Wildman–Crippen MR) is 75.3 cm³/mol. The Morgan fingerprint density at radius 1 is 1.35 bits per heavy atom. The van der Waals surface area contributed by atoms with Gasteiger partial charge in [-0.3, -0.25) is 4.79 Å². The quantitative estimate of drug-likeness (QED) is 0.562. The van der Waals surface area contributed by atoms with Gasteiger partial charge in [0.2, 0.25) is 0 Å². The minimum atomic E-state index is -0.625. The molecule has 0 spiro atoms. The minimum Gasteiger partial charge on any atom is -0.396 e. The Morgan fingerprint density at radius 3 is 2.90 bits per heavy atom. The molecule has 0 aliphatic carbocycles. The Labute approximate surface area is 118 Å². The van der Waals surface area contributed by atoms with E-state index < -0.39 is 5.82 Å². The first-order chi connectivity index (χ1) is 9.58. The van der Waals surface area contributed by atoms with E-state index in [9.17, 15) is 9.18 Å². The summed E-state index contributed by atoms with van der Waals surface area (Å²) >= 11 is 6.09. The fourth-order valence-electron chi connectivity index (χ4n) is 2.02. The van der Waals surface area contributed by atoms with Crippen LogP contribution in [0.4, 0.5) is 10.1 Å². The van der Waals surface area contributed by atoms with Gasteiger partial charge in [0.25, 0.3) is 0 Å². The Morgan fingerprint density at radius 2 is 2.15 bits per heavy atom. The molecule has 3 N–H and O–H groups in total. The zero-order valence-corrected chi connectivity index (χ0v) is 10.9. The monoisotopic (exact) mass is 289 g/mol. The summed E-state index contributed by atoms with van der Waals surface area (Å²) in [5.41, 5.74) is 6.47.